The summed E-state index contributed by atoms with van der Waals surface area (Å²) in [6.45, 7) is 3.76. The highest BCUT2D eigenvalue weighted by molar-refractivity contribution is 7.92. The molecule has 0 spiro atoms. The van der Waals surface area contributed by atoms with Gasteiger partial charge < -0.3 is 9.80 Å². The van der Waals surface area contributed by atoms with E-state index in [-0.39, 0.29) is 17.6 Å². The van der Waals surface area contributed by atoms with E-state index in [9.17, 15) is 23.3 Å². The van der Waals surface area contributed by atoms with E-state index in [1.165, 1.54) is 16.6 Å². The number of nitrogens with zero attached hydrogens (tertiary/aromatic N) is 4. The Labute approximate surface area is 181 Å². The lowest BCUT2D eigenvalue weighted by Gasteiger charge is -2.35. The van der Waals surface area contributed by atoms with Crippen LogP contribution in [-0.4, -0.2) is 62.6 Å². The molecule has 0 N–H and O–H groups in total. The number of nitro benzene ring substituents is 1. The van der Waals surface area contributed by atoms with Gasteiger partial charge in [0.15, 0.2) is 0 Å². The summed E-state index contributed by atoms with van der Waals surface area (Å²) < 4.78 is 25.6. The summed E-state index contributed by atoms with van der Waals surface area (Å²) in [6, 6.07) is 11.6. The summed E-state index contributed by atoms with van der Waals surface area (Å²) >= 11 is 0. The molecule has 164 valence electrons. The Morgan fingerprint density at radius 1 is 1.06 bits per heavy atom. The van der Waals surface area contributed by atoms with Crippen molar-refractivity contribution in [1.82, 2.24) is 4.90 Å². The summed E-state index contributed by atoms with van der Waals surface area (Å²) in [5, 5.41) is 11.3. The van der Waals surface area contributed by atoms with Gasteiger partial charge in [0.05, 0.1) is 16.9 Å². The number of rotatable bonds is 4. The third kappa shape index (κ3) is 3.95. The predicted molar refractivity (Wildman–Crippen MR) is 118 cm³/mol. The predicted octanol–water partition coefficient (Wildman–Crippen LogP) is 2.27. The van der Waals surface area contributed by atoms with Gasteiger partial charge in [-0.2, -0.15) is 0 Å². The zero-order valence-electron chi connectivity index (χ0n) is 17.4. The summed E-state index contributed by atoms with van der Waals surface area (Å²) in [5.41, 5.74) is 2.63. The number of benzene rings is 2. The van der Waals surface area contributed by atoms with E-state index >= 15 is 0 Å². The molecule has 0 aliphatic carbocycles. The van der Waals surface area contributed by atoms with E-state index < -0.39 is 14.9 Å². The second kappa shape index (κ2) is 7.84. The number of nitro groups is 1. The Hall–Kier alpha value is -3.14. The number of amides is 1. The number of carbonyl (C=O) groups is 1. The van der Waals surface area contributed by atoms with Gasteiger partial charge in [-0.3, -0.25) is 19.2 Å². The van der Waals surface area contributed by atoms with Gasteiger partial charge in [-0.25, -0.2) is 8.42 Å². The first-order valence-corrected chi connectivity index (χ1v) is 11.9. The van der Waals surface area contributed by atoms with Gasteiger partial charge in [0, 0.05) is 43.9 Å². The SMILES string of the molecule is CC1Cc2cc(C(=O)N3CCN(c4ccccc4[N+](=O)[O-])CC3)ccc2N1S(C)(=O)=O. The molecule has 2 aromatic carbocycles. The molecule has 10 heteroatoms. The molecule has 9 nitrogen and oxygen atoms in total. The quantitative estimate of drug-likeness (QED) is 0.529. The summed E-state index contributed by atoms with van der Waals surface area (Å²) in [6.07, 6.45) is 1.75. The van der Waals surface area contributed by atoms with E-state index in [1.54, 1.807) is 41.3 Å². The lowest BCUT2D eigenvalue weighted by atomic mass is 10.1. The topological polar surface area (TPSA) is 104 Å². The first-order valence-electron chi connectivity index (χ1n) is 10.1. The number of hydrogen-bond acceptors (Lipinski definition) is 6. The molecule has 1 saturated heterocycles. The van der Waals surface area contributed by atoms with Crippen LogP contribution in [0.25, 0.3) is 0 Å². The summed E-state index contributed by atoms with van der Waals surface area (Å²) in [4.78, 5) is 27.6. The molecule has 1 atom stereocenters. The van der Waals surface area contributed by atoms with Crippen molar-refractivity contribution in [3.8, 4) is 0 Å². The lowest BCUT2D eigenvalue weighted by Crippen LogP contribution is -2.49. The van der Waals surface area contributed by atoms with Gasteiger partial charge in [0.1, 0.15) is 5.69 Å². The normalized spacial score (nSPS) is 18.8. The van der Waals surface area contributed by atoms with Crippen LogP contribution < -0.4 is 9.21 Å². The fourth-order valence-electron chi connectivity index (χ4n) is 4.46. The van der Waals surface area contributed by atoms with Gasteiger partial charge in [-0.1, -0.05) is 12.1 Å². The molecule has 0 aromatic heterocycles. The Morgan fingerprint density at radius 2 is 1.74 bits per heavy atom. The zero-order valence-corrected chi connectivity index (χ0v) is 18.2. The molecule has 2 aromatic rings. The average Bonchev–Trinajstić information content (AvgIpc) is 3.08. The highest BCUT2D eigenvalue weighted by Crippen LogP contribution is 2.35. The van der Waals surface area contributed by atoms with Crippen molar-refractivity contribution in [2.75, 3.05) is 41.6 Å². The molecule has 31 heavy (non-hydrogen) atoms. The van der Waals surface area contributed by atoms with Crippen molar-refractivity contribution in [1.29, 1.82) is 0 Å². The van der Waals surface area contributed by atoms with Crippen molar-refractivity contribution in [2.45, 2.75) is 19.4 Å². The van der Waals surface area contributed by atoms with Gasteiger partial charge in [0.2, 0.25) is 10.0 Å². The van der Waals surface area contributed by atoms with Crippen LogP contribution >= 0.6 is 0 Å². The van der Waals surface area contributed by atoms with Crippen molar-refractivity contribution in [3.63, 3.8) is 0 Å². The number of fused-ring (bicyclic) bond motifs is 1. The highest BCUT2D eigenvalue weighted by Gasteiger charge is 2.33. The van der Waals surface area contributed by atoms with E-state index in [4.69, 9.17) is 0 Å². The molecule has 1 amide bonds. The van der Waals surface area contributed by atoms with Gasteiger partial charge in [-0.05, 0) is 43.2 Å². The highest BCUT2D eigenvalue weighted by atomic mass is 32.2. The monoisotopic (exact) mass is 444 g/mol. The average molecular weight is 445 g/mol. The smallest absolute Gasteiger partial charge is 0.292 e. The first-order chi connectivity index (χ1) is 14.7. The molecule has 1 unspecified atom stereocenters. The van der Waals surface area contributed by atoms with E-state index in [2.05, 4.69) is 0 Å². The maximum Gasteiger partial charge on any atom is 0.292 e. The maximum atomic E-state index is 13.0. The van der Waals surface area contributed by atoms with Crippen molar-refractivity contribution in [2.24, 2.45) is 0 Å². The van der Waals surface area contributed by atoms with Crippen molar-refractivity contribution in [3.05, 3.63) is 63.7 Å². The summed E-state index contributed by atoms with van der Waals surface area (Å²) in [5.74, 6) is -0.115. The second-order valence-electron chi connectivity index (χ2n) is 7.98. The third-order valence-corrected chi connectivity index (χ3v) is 7.09. The number of carbonyl (C=O) groups excluding carboxylic acids is 1. The molecule has 0 saturated carbocycles. The van der Waals surface area contributed by atoms with Crippen LogP contribution in [0, 0.1) is 10.1 Å². The fourth-order valence-corrected chi connectivity index (χ4v) is 5.72. The minimum atomic E-state index is -3.38. The largest absolute Gasteiger partial charge is 0.362 e. The second-order valence-corrected chi connectivity index (χ2v) is 9.84. The van der Waals surface area contributed by atoms with Gasteiger partial charge >= 0.3 is 0 Å². The summed E-state index contributed by atoms with van der Waals surface area (Å²) in [7, 11) is -3.38. The van der Waals surface area contributed by atoms with E-state index in [0.717, 1.165) is 5.56 Å². The molecule has 2 heterocycles. The molecule has 1 fully saturated rings. The van der Waals surface area contributed by atoms with Crippen molar-refractivity contribution >= 4 is 33.0 Å². The zero-order chi connectivity index (χ0) is 22.3. The molecule has 2 aliphatic rings. The van der Waals surface area contributed by atoms with Crippen LogP contribution in [0.4, 0.5) is 17.1 Å². The number of hydrogen-bond donors (Lipinski definition) is 0. The minimum Gasteiger partial charge on any atom is -0.362 e. The third-order valence-electron chi connectivity index (χ3n) is 5.82. The van der Waals surface area contributed by atoms with Gasteiger partial charge in [0.25, 0.3) is 11.6 Å². The molecular formula is C21H24N4O5S. The van der Waals surface area contributed by atoms with Crippen LogP contribution in [0.15, 0.2) is 42.5 Å². The molecular weight excluding hydrogens is 420 g/mol. The standard InChI is InChI=1S/C21H24N4O5S/c1-15-13-17-14-16(7-8-18(17)24(15)31(2,29)30)21(26)23-11-9-22(10-12-23)19-5-3-4-6-20(19)25(27)28/h3-8,14-15H,9-13H2,1-2H3. The lowest BCUT2D eigenvalue weighted by molar-refractivity contribution is -0.384. The van der Waals surface area contributed by atoms with Crippen LogP contribution in [0.1, 0.15) is 22.8 Å². The maximum absolute atomic E-state index is 13.0. The number of sulfonamides is 1. The van der Waals surface area contributed by atoms with E-state index in [0.29, 0.717) is 49.5 Å². The Bertz CT molecular complexity index is 1140. The van der Waals surface area contributed by atoms with Crippen LogP contribution in [-0.2, 0) is 16.4 Å². The van der Waals surface area contributed by atoms with Crippen molar-refractivity contribution < 1.29 is 18.1 Å². The van der Waals surface area contributed by atoms with Crippen LogP contribution in [0.2, 0.25) is 0 Å². The number of piperazine rings is 1. The Balaban J connectivity index is 1.48. The van der Waals surface area contributed by atoms with E-state index in [1.807, 2.05) is 11.8 Å². The molecule has 0 bridgehead atoms. The van der Waals surface area contributed by atoms with Crippen LogP contribution in [0.5, 0.6) is 0 Å². The number of anilines is 2. The first kappa shape index (κ1) is 21.1. The number of para-hydroxylation sites is 2. The van der Waals surface area contributed by atoms with Crippen LogP contribution in [0.3, 0.4) is 0 Å². The molecule has 2 aliphatic heterocycles. The Morgan fingerprint density at radius 3 is 2.39 bits per heavy atom. The minimum absolute atomic E-state index is 0.0606. The molecule has 4 rings (SSSR count). The Kier molecular flexibility index (Phi) is 5.34. The van der Waals surface area contributed by atoms with Gasteiger partial charge in [-0.15, -0.1) is 0 Å². The fraction of sp³-hybridized carbons (Fsp3) is 0.381. The molecule has 0 radical (unpaired) electrons.